The van der Waals surface area contributed by atoms with E-state index in [9.17, 15) is 26.7 Å². The van der Waals surface area contributed by atoms with Gasteiger partial charge in [0.15, 0.2) is 11.6 Å². The number of halogens is 4. The van der Waals surface area contributed by atoms with Gasteiger partial charge in [0.05, 0.1) is 29.8 Å². The fourth-order valence-corrected chi connectivity index (χ4v) is 5.47. The Morgan fingerprint density at radius 3 is 2.44 bits per heavy atom. The summed E-state index contributed by atoms with van der Waals surface area (Å²) in [7, 11) is -4.23. The monoisotopic (exact) mass is 586 g/mol. The van der Waals surface area contributed by atoms with Crippen molar-refractivity contribution in [1.82, 2.24) is 0 Å². The van der Waals surface area contributed by atoms with Crippen molar-refractivity contribution in [2.75, 3.05) is 23.3 Å². The summed E-state index contributed by atoms with van der Waals surface area (Å²) in [4.78, 5) is 0. The molecule has 3 rings (SSSR count). The fraction of sp³-hybridized carbons (Fsp3) is 0.400. The van der Waals surface area contributed by atoms with Gasteiger partial charge >= 0.3 is 0 Å². The van der Waals surface area contributed by atoms with E-state index in [4.69, 9.17) is 9.84 Å². The Hall–Kier alpha value is -1.77. The van der Waals surface area contributed by atoms with Crippen molar-refractivity contribution in [2.45, 2.75) is 37.0 Å². The van der Waals surface area contributed by atoms with Gasteiger partial charge in [0.2, 0.25) is 10.0 Å². The highest BCUT2D eigenvalue weighted by Gasteiger charge is 2.55. The smallest absolute Gasteiger partial charge is 0.238 e. The van der Waals surface area contributed by atoms with E-state index in [0.29, 0.717) is 9.64 Å². The summed E-state index contributed by atoms with van der Waals surface area (Å²) in [6.45, 7) is 0.975. The molecule has 1 saturated carbocycles. The molecular weight excluding hydrogens is 564 g/mol. The molecule has 2 aromatic rings. The maximum absolute atomic E-state index is 14.8. The van der Waals surface area contributed by atoms with Gasteiger partial charge in [-0.05, 0) is 67.0 Å². The lowest BCUT2D eigenvalue weighted by atomic mass is 10.2. The minimum absolute atomic E-state index is 0.0193. The summed E-state index contributed by atoms with van der Waals surface area (Å²) in [6.07, 6.45) is -1.08. The summed E-state index contributed by atoms with van der Waals surface area (Å²) in [5.74, 6) is -3.79. The standard InChI is InChI=1S/C20H22F3IN2O5S/c1-2-31-16-8-14(22)17(23)19(25-15-4-3-11(24)7-13(15)21)18(16)26-32(29,30)20(5-6-20)9-12(28)10-27/h3-4,7-8,12,25-28H,2,5-6,9-10H2,1H3/t12-/m0/s1. The molecule has 0 radical (unpaired) electrons. The second-order valence-electron chi connectivity index (χ2n) is 7.43. The topological polar surface area (TPSA) is 108 Å². The normalized spacial score (nSPS) is 15.8. The number of rotatable bonds is 10. The Bertz CT molecular complexity index is 1110. The molecule has 0 aliphatic heterocycles. The number of benzene rings is 2. The van der Waals surface area contributed by atoms with Gasteiger partial charge in [0.1, 0.15) is 22.9 Å². The van der Waals surface area contributed by atoms with Crippen molar-refractivity contribution in [2.24, 2.45) is 0 Å². The van der Waals surface area contributed by atoms with Crippen LogP contribution in [0.15, 0.2) is 24.3 Å². The second kappa shape index (κ2) is 9.61. The number of aliphatic hydroxyl groups excluding tert-OH is 2. The summed E-state index contributed by atoms with van der Waals surface area (Å²) < 4.78 is 76.5. The van der Waals surface area contributed by atoms with Gasteiger partial charge in [-0.15, -0.1) is 0 Å². The van der Waals surface area contributed by atoms with Gasteiger partial charge in [-0.2, -0.15) is 0 Å². The van der Waals surface area contributed by atoms with Gasteiger partial charge in [-0.3, -0.25) is 4.72 Å². The number of anilines is 3. The number of ether oxygens (including phenoxy) is 1. The molecule has 0 aromatic heterocycles. The van der Waals surface area contributed by atoms with E-state index < -0.39 is 56.3 Å². The van der Waals surface area contributed by atoms with Crippen LogP contribution in [0.25, 0.3) is 0 Å². The van der Waals surface area contributed by atoms with Crippen molar-refractivity contribution in [3.8, 4) is 5.75 Å². The van der Waals surface area contributed by atoms with Crippen LogP contribution in [0.5, 0.6) is 5.75 Å². The van der Waals surface area contributed by atoms with E-state index in [1.54, 1.807) is 6.92 Å². The highest BCUT2D eigenvalue weighted by molar-refractivity contribution is 14.1. The molecule has 32 heavy (non-hydrogen) atoms. The summed E-state index contributed by atoms with van der Waals surface area (Å²) in [5, 5.41) is 21.3. The van der Waals surface area contributed by atoms with Crippen molar-refractivity contribution in [3.05, 3.63) is 45.3 Å². The molecule has 2 aromatic carbocycles. The molecule has 0 bridgehead atoms. The molecule has 4 N–H and O–H groups in total. The minimum atomic E-state index is -4.23. The molecule has 1 atom stereocenters. The van der Waals surface area contributed by atoms with Crippen LogP contribution in [-0.2, 0) is 10.0 Å². The third-order valence-corrected chi connectivity index (χ3v) is 7.97. The third-order valence-electron chi connectivity index (χ3n) is 5.11. The fourth-order valence-electron chi connectivity index (χ4n) is 3.28. The first-order valence-electron chi connectivity index (χ1n) is 9.71. The Morgan fingerprint density at radius 1 is 1.19 bits per heavy atom. The largest absolute Gasteiger partial charge is 0.491 e. The molecule has 12 heteroatoms. The van der Waals surface area contributed by atoms with Gasteiger partial charge < -0.3 is 20.3 Å². The average Bonchev–Trinajstić information content (AvgIpc) is 3.51. The lowest BCUT2D eigenvalue weighted by molar-refractivity contribution is 0.0858. The van der Waals surface area contributed by atoms with Gasteiger partial charge in [-0.1, -0.05) is 0 Å². The quantitative estimate of drug-likeness (QED) is 0.315. The molecule has 176 valence electrons. The number of hydrogen-bond acceptors (Lipinski definition) is 6. The number of sulfonamides is 1. The van der Waals surface area contributed by atoms with Gasteiger partial charge in [0.25, 0.3) is 0 Å². The van der Waals surface area contributed by atoms with Crippen molar-refractivity contribution < 1.29 is 36.5 Å². The second-order valence-corrected chi connectivity index (χ2v) is 10.8. The molecule has 7 nitrogen and oxygen atoms in total. The summed E-state index contributed by atoms with van der Waals surface area (Å²) >= 11 is 1.88. The average molecular weight is 586 g/mol. The molecule has 0 saturated heterocycles. The van der Waals surface area contributed by atoms with Crippen molar-refractivity contribution in [1.29, 1.82) is 0 Å². The Kier molecular flexibility index (Phi) is 7.47. The predicted molar refractivity (Wildman–Crippen MR) is 122 cm³/mol. The van der Waals surface area contributed by atoms with Crippen LogP contribution >= 0.6 is 22.6 Å². The van der Waals surface area contributed by atoms with E-state index in [1.807, 2.05) is 22.6 Å². The van der Waals surface area contributed by atoms with E-state index >= 15 is 0 Å². The first-order chi connectivity index (χ1) is 15.0. The zero-order valence-electron chi connectivity index (χ0n) is 17.0. The van der Waals surface area contributed by atoms with Crippen LogP contribution in [0.4, 0.5) is 30.2 Å². The third kappa shape index (κ3) is 5.07. The molecule has 1 fully saturated rings. The number of nitrogens with one attached hydrogen (secondary N) is 2. The summed E-state index contributed by atoms with van der Waals surface area (Å²) in [6, 6.07) is 4.71. The molecule has 0 amide bonds. The number of aliphatic hydroxyl groups is 2. The highest BCUT2D eigenvalue weighted by Crippen LogP contribution is 2.49. The Balaban J connectivity index is 2.08. The van der Waals surface area contributed by atoms with Gasteiger partial charge in [-0.25, -0.2) is 21.6 Å². The van der Waals surface area contributed by atoms with Crippen LogP contribution in [0.2, 0.25) is 0 Å². The van der Waals surface area contributed by atoms with Crippen molar-refractivity contribution >= 4 is 49.7 Å². The maximum atomic E-state index is 14.8. The number of hydrogen-bond donors (Lipinski definition) is 4. The zero-order chi connectivity index (χ0) is 23.7. The van der Waals surface area contributed by atoms with Crippen LogP contribution in [0.1, 0.15) is 26.2 Å². The highest BCUT2D eigenvalue weighted by atomic mass is 127. The first kappa shape index (κ1) is 24.9. The molecule has 1 aliphatic carbocycles. The molecule has 0 spiro atoms. The van der Waals surface area contributed by atoms with E-state index in [0.717, 1.165) is 0 Å². The maximum Gasteiger partial charge on any atom is 0.238 e. The molecule has 1 aliphatic rings. The van der Waals surface area contributed by atoms with Crippen molar-refractivity contribution in [3.63, 3.8) is 0 Å². The lowest BCUT2D eigenvalue weighted by Crippen LogP contribution is -2.34. The predicted octanol–water partition coefficient (Wildman–Crippen LogP) is 3.87. The first-order valence-corrected chi connectivity index (χ1v) is 12.3. The molecule has 0 unspecified atom stereocenters. The molecule has 0 heterocycles. The Morgan fingerprint density at radius 2 is 1.88 bits per heavy atom. The van der Waals surface area contributed by atoms with E-state index in [1.165, 1.54) is 18.2 Å². The van der Waals surface area contributed by atoms with Gasteiger partial charge in [0, 0.05) is 9.64 Å². The lowest BCUT2D eigenvalue weighted by Gasteiger charge is -2.23. The Labute approximate surface area is 197 Å². The summed E-state index contributed by atoms with van der Waals surface area (Å²) in [5.41, 5.74) is -1.27. The van der Waals surface area contributed by atoms with E-state index in [-0.39, 0.29) is 37.3 Å². The molecular formula is C20H22F3IN2O5S. The van der Waals surface area contributed by atoms with Crippen LogP contribution in [0.3, 0.4) is 0 Å². The zero-order valence-corrected chi connectivity index (χ0v) is 19.9. The van der Waals surface area contributed by atoms with Crippen LogP contribution in [-0.4, -0.2) is 42.7 Å². The van der Waals surface area contributed by atoms with Crippen LogP contribution < -0.4 is 14.8 Å². The van der Waals surface area contributed by atoms with Crippen LogP contribution in [0, 0.1) is 21.0 Å². The SMILES string of the molecule is CCOc1cc(F)c(F)c(Nc2ccc(I)cc2F)c1NS(=O)(=O)C1(C[C@H](O)CO)CC1. The minimum Gasteiger partial charge on any atom is -0.491 e. The van der Waals surface area contributed by atoms with E-state index in [2.05, 4.69) is 10.0 Å².